The number of ether oxygens (including phenoxy) is 1. The van der Waals surface area contributed by atoms with Gasteiger partial charge in [-0.25, -0.2) is 4.98 Å². The number of fused-ring (bicyclic) bond motifs is 1. The van der Waals surface area contributed by atoms with Gasteiger partial charge in [-0.2, -0.15) is 4.98 Å². The molecular formula is C15H24N4OS. The minimum Gasteiger partial charge on any atom is -0.385 e. The number of aryl methyl sites for hydroxylation is 1. The summed E-state index contributed by atoms with van der Waals surface area (Å²) < 4.78 is 5.13. The summed E-state index contributed by atoms with van der Waals surface area (Å²) in [6, 6.07) is 2.22. The van der Waals surface area contributed by atoms with Crippen molar-refractivity contribution in [1.82, 2.24) is 9.97 Å². The highest BCUT2D eigenvalue weighted by Gasteiger charge is 2.14. The Balaban J connectivity index is 2.35. The van der Waals surface area contributed by atoms with Crippen molar-refractivity contribution in [3.05, 3.63) is 10.9 Å². The number of anilines is 2. The minimum atomic E-state index is 0.711. The Hall–Kier alpha value is -1.40. The molecule has 0 aliphatic carbocycles. The van der Waals surface area contributed by atoms with Gasteiger partial charge in [0.25, 0.3) is 0 Å². The maximum absolute atomic E-state index is 5.13. The van der Waals surface area contributed by atoms with Gasteiger partial charge in [0.2, 0.25) is 5.95 Å². The van der Waals surface area contributed by atoms with Crippen molar-refractivity contribution in [1.29, 1.82) is 0 Å². The van der Waals surface area contributed by atoms with Gasteiger partial charge < -0.3 is 15.0 Å². The van der Waals surface area contributed by atoms with Crippen LogP contribution in [0.5, 0.6) is 0 Å². The van der Waals surface area contributed by atoms with Crippen molar-refractivity contribution >= 4 is 33.3 Å². The van der Waals surface area contributed by atoms with Gasteiger partial charge in [0.15, 0.2) is 0 Å². The summed E-state index contributed by atoms with van der Waals surface area (Å²) in [4.78, 5) is 13.9. The molecule has 0 saturated heterocycles. The maximum atomic E-state index is 5.13. The SMILES string of the molecule is CCNc1nc(N(C)CCCOC)c2cc(CC)sc2n1. The molecule has 0 atom stereocenters. The standard InChI is InChI=1S/C15H24N4OS/c1-5-11-10-12-13(19(3)8-7-9-20-4)17-15(16-6-2)18-14(12)21-11/h10H,5-9H2,1-4H3,(H,16,17,18). The van der Waals surface area contributed by atoms with Crippen LogP contribution in [0.2, 0.25) is 0 Å². The Bertz CT molecular complexity index is 584. The highest BCUT2D eigenvalue weighted by atomic mass is 32.1. The Kier molecular flexibility index (Phi) is 5.76. The molecule has 1 N–H and O–H groups in total. The van der Waals surface area contributed by atoms with Gasteiger partial charge in [-0.05, 0) is 25.8 Å². The fourth-order valence-corrected chi connectivity index (χ4v) is 3.17. The monoisotopic (exact) mass is 308 g/mol. The van der Waals surface area contributed by atoms with E-state index in [1.807, 2.05) is 0 Å². The number of hydrogen-bond donors (Lipinski definition) is 1. The van der Waals surface area contributed by atoms with Crippen LogP contribution in [0, 0.1) is 0 Å². The minimum absolute atomic E-state index is 0.711. The molecule has 0 saturated carbocycles. The van der Waals surface area contributed by atoms with E-state index < -0.39 is 0 Å². The molecular weight excluding hydrogens is 284 g/mol. The highest BCUT2D eigenvalue weighted by Crippen LogP contribution is 2.32. The summed E-state index contributed by atoms with van der Waals surface area (Å²) in [5, 5.41) is 4.37. The Labute approximate surface area is 130 Å². The lowest BCUT2D eigenvalue weighted by Crippen LogP contribution is -2.21. The Morgan fingerprint density at radius 3 is 2.81 bits per heavy atom. The normalized spacial score (nSPS) is 11.0. The molecule has 0 bridgehead atoms. The topological polar surface area (TPSA) is 50.3 Å². The fourth-order valence-electron chi connectivity index (χ4n) is 2.21. The second kappa shape index (κ2) is 7.56. The molecule has 0 fully saturated rings. The van der Waals surface area contributed by atoms with Gasteiger partial charge in [0.05, 0.1) is 5.39 Å². The van der Waals surface area contributed by atoms with E-state index in [9.17, 15) is 0 Å². The van der Waals surface area contributed by atoms with Crippen LogP contribution < -0.4 is 10.2 Å². The van der Waals surface area contributed by atoms with Crippen LogP contribution in [0.25, 0.3) is 10.2 Å². The lowest BCUT2D eigenvalue weighted by Gasteiger charge is -2.19. The van der Waals surface area contributed by atoms with Crippen molar-refractivity contribution in [3.63, 3.8) is 0 Å². The molecule has 0 aliphatic rings. The number of aromatic nitrogens is 2. The van der Waals surface area contributed by atoms with E-state index >= 15 is 0 Å². The van der Waals surface area contributed by atoms with E-state index in [4.69, 9.17) is 4.74 Å². The van der Waals surface area contributed by atoms with E-state index in [0.717, 1.165) is 48.6 Å². The lowest BCUT2D eigenvalue weighted by atomic mass is 10.3. The largest absolute Gasteiger partial charge is 0.385 e. The van der Waals surface area contributed by atoms with Crippen molar-refractivity contribution in [2.24, 2.45) is 0 Å². The number of rotatable bonds is 8. The second-order valence-corrected chi connectivity index (χ2v) is 6.07. The molecule has 0 amide bonds. The summed E-state index contributed by atoms with van der Waals surface area (Å²) in [7, 11) is 3.81. The third kappa shape index (κ3) is 3.83. The van der Waals surface area contributed by atoms with Crippen LogP contribution in [0.3, 0.4) is 0 Å². The molecule has 2 aromatic heterocycles. The number of nitrogens with one attached hydrogen (secondary N) is 1. The van der Waals surface area contributed by atoms with Gasteiger partial charge in [0.1, 0.15) is 10.6 Å². The van der Waals surface area contributed by atoms with E-state index in [1.165, 1.54) is 4.88 Å². The molecule has 0 unspecified atom stereocenters. The first kappa shape index (κ1) is 16.0. The zero-order valence-electron chi connectivity index (χ0n) is 13.3. The smallest absolute Gasteiger partial charge is 0.226 e. The average Bonchev–Trinajstić information content (AvgIpc) is 2.90. The first-order valence-corrected chi connectivity index (χ1v) is 8.25. The third-order valence-electron chi connectivity index (χ3n) is 3.31. The van der Waals surface area contributed by atoms with E-state index in [1.54, 1.807) is 18.4 Å². The van der Waals surface area contributed by atoms with Gasteiger partial charge in [0, 0.05) is 38.7 Å². The summed E-state index contributed by atoms with van der Waals surface area (Å²) in [5.74, 6) is 1.71. The van der Waals surface area contributed by atoms with Gasteiger partial charge in [-0.3, -0.25) is 0 Å². The van der Waals surface area contributed by atoms with Crippen LogP contribution in [0.1, 0.15) is 25.1 Å². The molecule has 0 spiro atoms. The molecule has 5 nitrogen and oxygen atoms in total. The zero-order chi connectivity index (χ0) is 15.2. The van der Waals surface area contributed by atoms with Crippen molar-refractivity contribution < 1.29 is 4.74 Å². The van der Waals surface area contributed by atoms with Gasteiger partial charge in [-0.1, -0.05) is 6.92 Å². The molecule has 116 valence electrons. The van der Waals surface area contributed by atoms with Crippen molar-refractivity contribution in [2.75, 3.05) is 44.1 Å². The second-order valence-electron chi connectivity index (χ2n) is 4.95. The number of nitrogens with zero attached hydrogens (tertiary/aromatic N) is 3. The van der Waals surface area contributed by atoms with Crippen LogP contribution in [-0.4, -0.2) is 43.8 Å². The van der Waals surface area contributed by atoms with Crippen molar-refractivity contribution in [2.45, 2.75) is 26.7 Å². The predicted molar refractivity (Wildman–Crippen MR) is 90.7 cm³/mol. The summed E-state index contributed by atoms with van der Waals surface area (Å²) >= 11 is 1.75. The molecule has 2 heterocycles. The Morgan fingerprint density at radius 2 is 2.14 bits per heavy atom. The van der Waals surface area contributed by atoms with Crippen molar-refractivity contribution in [3.8, 4) is 0 Å². The molecule has 2 rings (SSSR count). The quantitative estimate of drug-likeness (QED) is 0.759. The highest BCUT2D eigenvalue weighted by molar-refractivity contribution is 7.18. The maximum Gasteiger partial charge on any atom is 0.226 e. The number of thiophene rings is 1. The molecule has 0 aromatic carbocycles. The third-order valence-corrected chi connectivity index (χ3v) is 4.48. The first-order valence-electron chi connectivity index (χ1n) is 7.44. The van der Waals surface area contributed by atoms with Crippen LogP contribution in [0.4, 0.5) is 11.8 Å². The summed E-state index contributed by atoms with van der Waals surface area (Å²) in [6.07, 6.45) is 2.02. The van der Waals surface area contributed by atoms with Gasteiger partial charge >= 0.3 is 0 Å². The van der Waals surface area contributed by atoms with Gasteiger partial charge in [-0.15, -0.1) is 11.3 Å². The molecule has 21 heavy (non-hydrogen) atoms. The predicted octanol–water partition coefficient (Wildman–Crippen LogP) is 3.16. The zero-order valence-corrected chi connectivity index (χ0v) is 14.1. The Morgan fingerprint density at radius 1 is 1.33 bits per heavy atom. The molecule has 6 heteroatoms. The summed E-state index contributed by atoms with van der Waals surface area (Å²) in [6.45, 7) is 6.74. The molecule has 0 radical (unpaired) electrons. The van der Waals surface area contributed by atoms with Crippen LogP contribution >= 0.6 is 11.3 Å². The van der Waals surface area contributed by atoms with Crippen LogP contribution in [0.15, 0.2) is 6.07 Å². The molecule has 2 aromatic rings. The lowest BCUT2D eigenvalue weighted by molar-refractivity contribution is 0.196. The number of methoxy groups -OCH3 is 1. The summed E-state index contributed by atoms with van der Waals surface area (Å²) in [5.41, 5.74) is 0. The van der Waals surface area contributed by atoms with Crippen LogP contribution in [-0.2, 0) is 11.2 Å². The van der Waals surface area contributed by atoms with E-state index in [0.29, 0.717) is 5.95 Å². The van der Waals surface area contributed by atoms with E-state index in [-0.39, 0.29) is 0 Å². The van der Waals surface area contributed by atoms with E-state index in [2.05, 4.69) is 47.1 Å². The first-order chi connectivity index (χ1) is 10.2. The fraction of sp³-hybridized carbons (Fsp3) is 0.600. The molecule has 0 aliphatic heterocycles. The average molecular weight is 308 g/mol. The number of hydrogen-bond acceptors (Lipinski definition) is 6.